The van der Waals surface area contributed by atoms with Crippen LogP contribution in [0, 0.1) is 29.5 Å². The van der Waals surface area contributed by atoms with Crippen molar-refractivity contribution < 1.29 is 23.6 Å². The van der Waals surface area contributed by atoms with E-state index >= 15 is 0 Å². The Balaban J connectivity index is 1.19. The minimum absolute atomic E-state index is 0.0450. The molecule has 5 rings (SSSR count). The van der Waals surface area contributed by atoms with Gasteiger partial charge in [0.05, 0.1) is 22.4 Å². The van der Waals surface area contributed by atoms with Crippen LogP contribution < -0.4 is 0 Å². The smallest absolute Gasteiger partial charge is 0.255 e. The molecule has 2 saturated heterocycles. The molecule has 0 radical (unpaired) electrons. The Kier molecular flexibility index (Phi) is 4.84. The van der Waals surface area contributed by atoms with Crippen LogP contribution >= 0.6 is 11.6 Å². The molecule has 2 heterocycles. The molecule has 162 valence electrons. The van der Waals surface area contributed by atoms with Crippen molar-refractivity contribution in [3.8, 4) is 0 Å². The van der Waals surface area contributed by atoms with Gasteiger partial charge in [0.25, 0.3) is 5.91 Å². The number of nitrogens with zero attached hydrogens (tertiary/aromatic N) is 3. The summed E-state index contributed by atoms with van der Waals surface area (Å²) in [5, 5.41) is 0.0450. The van der Waals surface area contributed by atoms with E-state index in [9.17, 15) is 23.6 Å². The monoisotopic (exact) mass is 445 g/mol. The summed E-state index contributed by atoms with van der Waals surface area (Å²) >= 11 is 5.98. The summed E-state index contributed by atoms with van der Waals surface area (Å²) in [6, 6.07) is 3.62. The highest BCUT2D eigenvalue weighted by Gasteiger charge is 2.59. The van der Waals surface area contributed by atoms with Crippen molar-refractivity contribution in [1.82, 2.24) is 14.7 Å². The van der Waals surface area contributed by atoms with Gasteiger partial charge in [-0.3, -0.25) is 24.1 Å². The average Bonchev–Trinajstić information content (AvgIpc) is 3.43. The second kappa shape index (κ2) is 7.44. The maximum absolute atomic E-state index is 13.2. The molecule has 4 aliphatic rings. The summed E-state index contributed by atoms with van der Waals surface area (Å²) in [4.78, 5) is 55.2. The largest absolute Gasteiger partial charge is 0.338 e. The minimum Gasteiger partial charge on any atom is -0.338 e. The van der Waals surface area contributed by atoms with Crippen LogP contribution in [0.5, 0.6) is 0 Å². The zero-order valence-corrected chi connectivity index (χ0v) is 17.4. The molecule has 0 aromatic heterocycles. The van der Waals surface area contributed by atoms with E-state index in [-0.39, 0.29) is 64.4 Å². The fourth-order valence-corrected chi connectivity index (χ4v) is 5.60. The van der Waals surface area contributed by atoms with Crippen LogP contribution in [0.25, 0.3) is 0 Å². The van der Waals surface area contributed by atoms with Gasteiger partial charge in [-0.1, -0.05) is 23.8 Å². The first-order valence-electron chi connectivity index (χ1n) is 10.4. The normalized spacial score (nSPS) is 29.2. The number of hydrogen-bond donors (Lipinski definition) is 0. The molecule has 2 bridgehead atoms. The predicted molar refractivity (Wildman–Crippen MR) is 108 cm³/mol. The molecule has 1 aromatic carbocycles. The first kappa shape index (κ1) is 20.2. The van der Waals surface area contributed by atoms with Gasteiger partial charge in [0, 0.05) is 26.2 Å². The van der Waals surface area contributed by atoms with E-state index in [1.807, 2.05) is 12.2 Å². The fourth-order valence-electron chi connectivity index (χ4n) is 5.35. The highest BCUT2D eigenvalue weighted by atomic mass is 35.5. The Morgan fingerprint density at radius 1 is 0.968 bits per heavy atom. The lowest BCUT2D eigenvalue weighted by Crippen LogP contribution is -2.53. The zero-order chi connectivity index (χ0) is 21.9. The van der Waals surface area contributed by atoms with Crippen LogP contribution in [-0.4, -0.2) is 71.1 Å². The number of carbonyl (C=O) groups is 4. The SMILES string of the molecule is O=C(CN1C(=O)C2C3C=CC(C3)C2C1=O)N1CCN(C(=O)c2ccc(F)cc2Cl)CC1. The molecular weight excluding hydrogens is 425 g/mol. The second-order valence-electron chi connectivity index (χ2n) is 8.56. The van der Waals surface area contributed by atoms with Gasteiger partial charge in [0.1, 0.15) is 12.4 Å². The van der Waals surface area contributed by atoms with Gasteiger partial charge in [0.15, 0.2) is 0 Å². The first-order chi connectivity index (χ1) is 14.8. The number of benzene rings is 1. The van der Waals surface area contributed by atoms with E-state index in [1.165, 1.54) is 12.1 Å². The number of rotatable bonds is 3. The number of allylic oxidation sites excluding steroid dienone is 2. The van der Waals surface area contributed by atoms with E-state index in [2.05, 4.69) is 0 Å². The molecular formula is C22H21ClFN3O4. The predicted octanol–water partition coefficient (Wildman–Crippen LogP) is 1.57. The fraction of sp³-hybridized carbons (Fsp3) is 0.455. The summed E-state index contributed by atoms with van der Waals surface area (Å²) in [7, 11) is 0. The molecule has 0 spiro atoms. The first-order valence-corrected chi connectivity index (χ1v) is 10.8. The average molecular weight is 446 g/mol. The van der Waals surface area contributed by atoms with Crippen molar-refractivity contribution in [1.29, 1.82) is 0 Å². The molecule has 4 unspecified atom stereocenters. The van der Waals surface area contributed by atoms with Gasteiger partial charge >= 0.3 is 0 Å². The standard InChI is InChI=1S/C22H21ClFN3O4/c23-16-10-14(24)3-4-15(16)20(29)26-7-5-25(6-8-26)17(28)11-27-21(30)18-12-1-2-13(9-12)19(18)22(27)31/h1-4,10,12-13,18-19H,5-9,11H2. The summed E-state index contributed by atoms with van der Waals surface area (Å²) in [5.41, 5.74) is 0.214. The molecule has 2 aliphatic heterocycles. The van der Waals surface area contributed by atoms with Crippen LogP contribution in [-0.2, 0) is 14.4 Å². The van der Waals surface area contributed by atoms with Gasteiger partial charge < -0.3 is 9.80 Å². The van der Waals surface area contributed by atoms with Crippen molar-refractivity contribution in [3.05, 3.63) is 46.8 Å². The number of piperazine rings is 1. The minimum atomic E-state index is -0.518. The van der Waals surface area contributed by atoms with E-state index in [4.69, 9.17) is 11.6 Å². The van der Waals surface area contributed by atoms with Crippen molar-refractivity contribution >= 4 is 35.2 Å². The summed E-state index contributed by atoms with van der Waals surface area (Å²) in [5.74, 6) is -2.02. The lowest BCUT2D eigenvalue weighted by atomic mass is 9.85. The van der Waals surface area contributed by atoms with Crippen LogP contribution in [0.3, 0.4) is 0 Å². The molecule has 4 atom stereocenters. The highest BCUT2D eigenvalue weighted by Crippen LogP contribution is 2.52. The number of likely N-dealkylation sites (tertiary alicyclic amines) is 1. The lowest BCUT2D eigenvalue weighted by Gasteiger charge is -2.35. The third kappa shape index (κ3) is 3.24. The topological polar surface area (TPSA) is 78.0 Å². The van der Waals surface area contributed by atoms with Gasteiger partial charge in [-0.25, -0.2) is 4.39 Å². The molecule has 0 N–H and O–H groups in total. The maximum Gasteiger partial charge on any atom is 0.255 e. The van der Waals surface area contributed by atoms with Gasteiger partial charge in [0.2, 0.25) is 17.7 Å². The number of halogens is 2. The van der Waals surface area contributed by atoms with Crippen molar-refractivity contribution in [2.45, 2.75) is 6.42 Å². The van der Waals surface area contributed by atoms with Crippen LogP contribution in [0.2, 0.25) is 5.02 Å². The van der Waals surface area contributed by atoms with Gasteiger partial charge in [-0.2, -0.15) is 0 Å². The van der Waals surface area contributed by atoms with Crippen molar-refractivity contribution in [3.63, 3.8) is 0 Å². The van der Waals surface area contributed by atoms with Crippen LogP contribution in [0.4, 0.5) is 4.39 Å². The third-order valence-corrected chi connectivity index (χ3v) is 7.25. The number of amides is 4. The number of imide groups is 1. The lowest BCUT2D eigenvalue weighted by molar-refractivity contribution is -0.147. The van der Waals surface area contributed by atoms with Crippen LogP contribution in [0.15, 0.2) is 30.4 Å². The Hall–Kier alpha value is -2.74. The van der Waals surface area contributed by atoms with Crippen molar-refractivity contribution in [2.75, 3.05) is 32.7 Å². The summed E-state index contributed by atoms with van der Waals surface area (Å²) in [6.07, 6.45) is 4.89. The molecule has 7 nitrogen and oxygen atoms in total. The molecule has 3 fully saturated rings. The molecule has 9 heteroatoms. The summed E-state index contributed by atoms with van der Waals surface area (Å²) in [6.45, 7) is 0.916. The van der Waals surface area contributed by atoms with E-state index < -0.39 is 5.82 Å². The zero-order valence-electron chi connectivity index (χ0n) is 16.7. The van der Waals surface area contributed by atoms with Crippen LogP contribution in [0.1, 0.15) is 16.8 Å². The maximum atomic E-state index is 13.2. The molecule has 1 aromatic rings. The molecule has 31 heavy (non-hydrogen) atoms. The quantitative estimate of drug-likeness (QED) is 0.522. The third-order valence-electron chi connectivity index (χ3n) is 6.94. The van der Waals surface area contributed by atoms with E-state index in [1.54, 1.807) is 9.80 Å². The van der Waals surface area contributed by atoms with Crippen molar-refractivity contribution in [2.24, 2.45) is 23.7 Å². The number of fused-ring (bicyclic) bond motifs is 5. The van der Waals surface area contributed by atoms with E-state index in [0.29, 0.717) is 26.2 Å². The molecule has 4 amide bonds. The number of carbonyl (C=O) groups excluding carboxylic acids is 4. The highest BCUT2D eigenvalue weighted by molar-refractivity contribution is 6.33. The Bertz CT molecular complexity index is 990. The Morgan fingerprint density at radius 3 is 2.13 bits per heavy atom. The number of hydrogen-bond acceptors (Lipinski definition) is 4. The Labute approximate surface area is 183 Å². The summed E-state index contributed by atoms with van der Waals surface area (Å²) < 4.78 is 13.2. The Morgan fingerprint density at radius 2 is 1.55 bits per heavy atom. The van der Waals surface area contributed by atoms with Gasteiger partial charge in [-0.05, 0) is 36.5 Å². The van der Waals surface area contributed by atoms with Gasteiger partial charge in [-0.15, -0.1) is 0 Å². The molecule has 2 aliphatic carbocycles. The van der Waals surface area contributed by atoms with E-state index in [0.717, 1.165) is 17.4 Å². The second-order valence-corrected chi connectivity index (χ2v) is 8.97. The molecule has 1 saturated carbocycles.